The molecule has 1 saturated heterocycles. The van der Waals surface area contributed by atoms with Crippen LogP contribution in [-0.2, 0) is 17.6 Å². The van der Waals surface area contributed by atoms with Crippen LogP contribution in [0.1, 0.15) is 55.3 Å². The van der Waals surface area contributed by atoms with Crippen LogP contribution in [0.4, 0.5) is 0 Å². The van der Waals surface area contributed by atoms with Crippen LogP contribution in [0.25, 0.3) is 0 Å². The Hall–Kier alpha value is -2.17. The molecule has 0 radical (unpaired) electrons. The van der Waals surface area contributed by atoms with E-state index in [-0.39, 0.29) is 5.91 Å². The molecule has 2 aromatic rings. The van der Waals surface area contributed by atoms with E-state index in [0.717, 1.165) is 50.5 Å². The van der Waals surface area contributed by atoms with Gasteiger partial charge in [-0.3, -0.25) is 4.79 Å². The number of likely N-dealkylation sites (tertiary alicyclic amines) is 1. The zero-order valence-electron chi connectivity index (χ0n) is 14.6. The molecule has 4 rings (SSSR count). The molecule has 1 atom stereocenters. The molecule has 132 valence electrons. The van der Waals surface area contributed by atoms with E-state index in [0.29, 0.717) is 18.3 Å². The molecule has 1 aromatic carbocycles. The van der Waals surface area contributed by atoms with Crippen LogP contribution in [0.3, 0.4) is 0 Å². The van der Waals surface area contributed by atoms with Crippen LogP contribution in [0, 0.1) is 5.92 Å². The van der Waals surface area contributed by atoms with Crippen molar-refractivity contribution in [3.63, 3.8) is 0 Å². The zero-order chi connectivity index (χ0) is 17.1. The van der Waals surface area contributed by atoms with E-state index >= 15 is 0 Å². The number of rotatable bonds is 7. The lowest BCUT2D eigenvalue weighted by atomic mass is 10.0. The molecule has 0 bridgehead atoms. The number of carbonyl (C=O) groups is 1. The highest BCUT2D eigenvalue weighted by Gasteiger charge is 2.30. The van der Waals surface area contributed by atoms with Gasteiger partial charge in [-0.25, -0.2) is 0 Å². The SMILES string of the molecule is O=C(CCc1ccccc1)N1CCC(CCc2noc(C3CC3)n2)C1. The van der Waals surface area contributed by atoms with Crippen molar-refractivity contribution in [1.29, 1.82) is 0 Å². The number of benzene rings is 1. The second-order valence-corrected chi connectivity index (χ2v) is 7.34. The first-order valence-corrected chi connectivity index (χ1v) is 9.42. The largest absolute Gasteiger partial charge is 0.342 e. The van der Waals surface area contributed by atoms with E-state index in [2.05, 4.69) is 22.3 Å². The Balaban J connectivity index is 1.20. The van der Waals surface area contributed by atoms with Crippen LogP contribution in [0.5, 0.6) is 0 Å². The number of hydrogen-bond acceptors (Lipinski definition) is 4. The summed E-state index contributed by atoms with van der Waals surface area (Å²) in [4.78, 5) is 18.9. The Labute approximate surface area is 148 Å². The molecule has 1 saturated carbocycles. The molecule has 1 unspecified atom stereocenters. The quantitative estimate of drug-likeness (QED) is 0.776. The molecule has 0 spiro atoms. The average molecular weight is 339 g/mol. The van der Waals surface area contributed by atoms with Gasteiger partial charge in [0, 0.05) is 31.8 Å². The highest BCUT2D eigenvalue weighted by atomic mass is 16.5. The van der Waals surface area contributed by atoms with E-state index in [1.807, 2.05) is 23.1 Å². The van der Waals surface area contributed by atoms with Crippen LogP contribution >= 0.6 is 0 Å². The minimum Gasteiger partial charge on any atom is -0.342 e. The summed E-state index contributed by atoms with van der Waals surface area (Å²) in [6, 6.07) is 10.2. The topological polar surface area (TPSA) is 59.2 Å². The molecule has 1 aliphatic heterocycles. The number of aryl methyl sites for hydroxylation is 2. The van der Waals surface area contributed by atoms with E-state index in [4.69, 9.17) is 4.52 Å². The minimum absolute atomic E-state index is 0.280. The lowest BCUT2D eigenvalue weighted by Gasteiger charge is -2.16. The molecule has 0 N–H and O–H groups in total. The van der Waals surface area contributed by atoms with Gasteiger partial charge in [-0.2, -0.15) is 4.98 Å². The van der Waals surface area contributed by atoms with Crippen LogP contribution in [-0.4, -0.2) is 34.0 Å². The maximum Gasteiger partial charge on any atom is 0.229 e. The molecule has 2 aliphatic rings. The lowest BCUT2D eigenvalue weighted by molar-refractivity contribution is -0.130. The van der Waals surface area contributed by atoms with Crippen LogP contribution in [0.15, 0.2) is 34.9 Å². The monoisotopic (exact) mass is 339 g/mol. The zero-order valence-corrected chi connectivity index (χ0v) is 14.6. The summed E-state index contributed by atoms with van der Waals surface area (Å²) in [5.74, 6) is 3.01. The van der Waals surface area contributed by atoms with Crippen LogP contribution in [0.2, 0.25) is 0 Å². The maximum absolute atomic E-state index is 12.4. The van der Waals surface area contributed by atoms with Gasteiger partial charge in [-0.15, -0.1) is 0 Å². The molecule has 2 heterocycles. The fraction of sp³-hybridized carbons (Fsp3) is 0.550. The highest BCUT2D eigenvalue weighted by Crippen LogP contribution is 2.38. The van der Waals surface area contributed by atoms with Gasteiger partial charge < -0.3 is 9.42 Å². The Morgan fingerprint density at radius 2 is 2.00 bits per heavy atom. The van der Waals surface area contributed by atoms with E-state index in [9.17, 15) is 4.79 Å². The Morgan fingerprint density at radius 1 is 1.16 bits per heavy atom. The standard InChI is InChI=1S/C20H25N3O2/c24-19(11-7-15-4-2-1-3-5-15)23-13-12-16(14-23)6-10-18-21-20(25-22-18)17-8-9-17/h1-5,16-17H,6-14H2. The average Bonchev–Trinajstić information content (AvgIpc) is 3.20. The molecule has 25 heavy (non-hydrogen) atoms. The smallest absolute Gasteiger partial charge is 0.229 e. The van der Waals surface area contributed by atoms with Crippen molar-refractivity contribution in [2.24, 2.45) is 5.92 Å². The number of carbonyl (C=O) groups excluding carboxylic acids is 1. The number of aromatic nitrogens is 2. The molecular formula is C20H25N3O2. The minimum atomic E-state index is 0.280. The first-order valence-electron chi connectivity index (χ1n) is 9.42. The van der Waals surface area contributed by atoms with Gasteiger partial charge in [0.1, 0.15) is 0 Å². The van der Waals surface area contributed by atoms with Crippen molar-refractivity contribution in [3.8, 4) is 0 Å². The van der Waals surface area contributed by atoms with Gasteiger partial charge >= 0.3 is 0 Å². The van der Waals surface area contributed by atoms with Gasteiger partial charge in [0.25, 0.3) is 0 Å². The summed E-state index contributed by atoms with van der Waals surface area (Å²) in [7, 11) is 0. The summed E-state index contributed by atoms with van der Waals surface area (Å²) in [5.41, 5.74) is 1.23. The summed E-state index contributed by atoms with van der Waals surface area (Å²) in [6.07, 6.45) is 6.78. The molecule has 1 amide bonds. The number of nitrogens with zero attached hydrogens (tertiary/aromatic N) is 3. The van der Waals surface area contributed by atoms with Crippen molar-refractivity contribution in [2.75, 3.05) is 13.1 Å². The first-order chi connectivity index (χ1) is 12.3. The van der Waals surface area contributed by atoms with Crippen molar-refractivity contribution in [1.82, 2.24) is 15.0 Å². The third-order valence-electron chi connectivity index (χ3n) is 5.30. The number of amides is 1. The predicted molar refractivity (Wildman–Crippen MR) is 94.0 cm³/mol. The summed E-state index contributed by atoms with van der Waals surface area (Å²) < 4.78 is 5.31. The molecule has 1 aromatic heterocycles. The second-order valence-electron chi connectivity index (χ2n) is 7.34. The lowest BCUT2D eigenvalue weighted by Crippen LogP contribution is -2.28. The summed E-state index contributed by atoms with van der Waals surface area (Å²) in [6.45, 7) is 1.76. The number of hydrogen-bond donors (Lipinski definition) is 0. The molecule has 2 fully saturated rings. The van der Waals surface area contributed by atoms with Gasteiger partial charge in [-0.1, -0.05) is 35.5 Å². The maximum atomic E-state index is 12.4. The Bertz CT molecular complexity index is 709. The fourth-order valence-electron chi connectivity index (χ4n) is 3.55. The third kappa shape index (κ3) is 4.27. The summed E-state index contributed by atoms with van der Waals surface area (Å²) >= 11 is 0. The van der Waals surface area contributed by atoms with Crippen molar-refractivity contribution < 1.29 is 9.32 Å². The van der Waals surface area contributed by atoms with Crippen molar-refractivity contribution >= 4 is 5.91 Å². The fourth-order valence-corrected chi connectivity index (χ4v) is 3.55. The molecule has 1 aliphatic carbocycles. The second kappa shape index (κ2) is 7.38. The highest BCUT2D eigenvalue weighted by molar-refractivity contribution is 5.76. The van der Waals surface area contributed by atoms with E-state index < -0.39 is 0 Å². The third-order valence-corrected chi connectivity index (χ3v) is 5.30. The van der Waals surface area contributed by atoms with E-state index in [1.54, 1.807) is 0 Å². The van der Waals surface area contributed by atoms with Gasteiger partial charge in [0.15, 0.2) is 5.82 Å². The first kappa shape index (κ1) is 16.3. The van der Waals surface area contributed by atoms with Gasteiger partial charge in [0.2, 0.25) is 11.8 Å². The predicted octanol–water partition coefficient (Wildman–Crippen LogP) is 3.36. The molecule has 5 nitrogen and oxygen atoms in total. The Morgan fingerprint density at radius 3 is 2.80 bits per heavy atom. The van der Waals surface area contributed by atoms with Crippen molar-refractivity contribution in [3.05, 3.63) is 47.6 Å². The normalized spacial score (nSPS) is 20.2. The van der Waals surface area contributed by atoms with E-state index in [1.165, 1.54) is 18.4 Å². The molecule has 5 heteroatoms. The van der Waals surface area contributed by atoms with Crippen molar-refractivity contribution in [2.45, 2.75) is 50.9 Å². The Kier molecular flexibility index (Phi) is 4.81. The molecular weight excluding hydrogens is 314 g/mol. The van der Waals surface area contributed by atoms with Gasteiger partial charge in [-0.05, 0) is 43.6 Å². The van der Waals surface area contributed by atoms with Gasteiger partial charge in [0.05, 0.1) is 0 Å². The summed E-state index contributed by atoms with van der Waals surface area (Å²) in [5, 5.41) is 4.09. The van der Waals surface area contributed by atoms with Crippen LogP contribution < -0.4 is 0 Å².